The number of nitrogens with zero attached hydrogens (tertiary/aromatic N) is 1. The van der Waals surface area contributed by atoms with Crippen molar-refractivity contribution in [1.29, 1.82) is 0 Å². The first-order valence-electron chi connectivity index (χ1n) is 7.51. The third-order valence-electron chi connectivity index (χ3n) is 3.90. The molecule has 1 N–H and O–H groups in total. The van der Waals surface area contributed by atoms with Gasteiger partial charge >= 0.3 is 0 Å². The van der Waals surface area contributed by atoms with Crippen LogP contribution in [0.25, 0.3) is 0 Å². The summed E-state index contributed by atoms with van der Waals surface area (Å²) in [6.07, 6.45) is 2.67. The van der Waals surface area contributed by atoms with Crippen molar-refractivity contribution >= 4 is 0 Å². The van der Waals surface area contributed by atoms with E-state index < -0.39 is 0 Å². The molecule has 2 rings (SSSR count). The van der Waals surface area contributed by atoms with Gasteiger partial charge in [-0.25, -0.2) is 0 Å². The maximum Gasteiger partial charge on any atom is 0.203 e. The zero-order chi connectivity index (χ0) is 15.1. The molecule has 21 heavy (non-hydrogen) atoms. The van der Waals surface area contributed by atoms with Crippen LogP contribution in [-0.4, -0.2) is 52.4 Å². The highest BCUT2D eigenvalue weighted by molar-refractivity contribution is 5.55. The van der Waals surface area contributed by atoms with Gasteiger partial charge < -0.3 is 24.4 Å². The van der Waals surface area contributed by atoms with E-state index >= 15 is 0 Å². The fraction of sp³-hybridized carbons (Fsp3) is 0.625. The average Bonchev–Trinajstić information content (AvgIpc) is 3.03. The smallest absolute Gasteiger partial charge is 0.203 e. The van der Waals surface area contributed by atoms with Gasteiger partial charge in [0, 0.05) is 25.2 Å². The molecule has 0 unspecified atom stereocenters. The van der Waals surface area contributed by atoms with Gasteiger partial charge in [-0.05, 0) is 32.0 Å². The van der Waals surface area contributed by atoms with E-state index in [9.17, 15) is 0 Å². The molecule has 0 aliphatic carbocycles. The summed E-state index contributed by atoms with van der Waals surface area (Å²) in [6.45, 7) is 5.33. The Bertz CT molecular complexity index is 445. The Morgan fingerprint density at radius 1 is 1.00 bits per heavy atom. The molecule has 5 nitrogen and oxygen atoms in total. The van der Waals surface area contributed by atoms with Crippen molar-refractivity contribution in [3.8, 4) is 17.2 Å². The molecule has 1 aromatic rings. The van der Waals surface area contributed by atoms with Gasteiger partial charge in [0.1, 0.15) is 0 Å². The van der Waals surface area contributed by atoms with Gasteiger partial charge in [-0.3, -0.25) is 0 Å². The lowest BCUT2D eigenvalue weighted by molar-refractivity contribution is 0.319. The van der Waals surface area contributed by atoms with Gasteiger partial charge in [0.25, 0.3) is 0 Å². The Morgan fingerprint density at radius 2 is 1.71 bits per heavy atom. The zero-order valence-corrected chi connectivity index (χ0v) is 13.3. The number of nitrogens with one attached hydrogen (secondary N) is 1. The van der Waals surface area contributed by atoms with Crippen molar-refractivity contribution in [3.05, 3.63) is 17.7 Å². The van der Waals surface area contributed by atoms with E-state index in [1.165, 1.54) is 25.9 Å². The van der Waals surface area contributed by atoms with Crippen molar-refractivity contribution in [3.63, 3.8) is 0 Å². The first-order valence-corrected chi connectivity index (χ1v) is 7.51. The van der Waals surface area contributed by atoms with Gasteiger partial charge in [-0.1, -0.05) is 6.07 Å². The van der Waals surface area contributed by atoms with Crippen LogP contribution in [0, 0.1) is 0 Å². The van der Waals surface area contributed by atoms with Gasteiger partial charge in [0.05, 0.1) is 21.3 Å². The van der Waals surface area contributed by atoms with Gasteiger partial charge in [-0.2, -0.15) is 0 Å². The zero-order valence-electron chi connectivity index (χ0n) is 13.3. The molecule has 5 heteroatoms. The second kappa shape index (κ2) is 8.10. The third kappa shape index (κ3) is 4.02. The summed E-state index contributed by atoms with van der Waals surface area (Å²) in [4.78, 5) is 2.50. The molecule has 1 aliphatic rings. The number of hydrogen-bond donors (Lipinski definition) is 1. The van der Waals surface area contributed by atoms with E-state index in [1.807, 2.05) is 12.1 Å². The Kier molecular flexibility index (Phi) is 6.14. The Hall–Kier alpha value is -1.46. The molecule has 0 amide bonds. The van der Waals surface area contributed by atoms with Crippen LogP contribution in [-0.2, 0) is 6.54 Å². The van der Waals surface area contributed by atoms with Crippen LogP contribution in [0.3, 0.4) is 0 Å². The van der Waals surface area contributed by atoms with Gasteiger partial charge in [0.2, 0.25) is 5.75 Å². The van der Waals surface area contributed by atoms with Gasteiger partial charge in [0.15, 0.2) is 11.5 Å². The topological polar surface area (TPSA) is 43.0 Å². The minimum atomic E-state index is 0.652. The molecule has 1 saturated heterocycles. The van der Waals surface area contributed by atoms with Crippen LogP contribution < -0.4 is 19.5 Å². The average molecular weight is 294 g/mol. The van der Waals surface area contributed by atoms with Crippen LogP contribution in [0.2, 0.25) is 0 Å². The maximum absolute atomic E-state index is 5.48. The third-order valence-corrected chi connectivity index (χ3v) is 3.90. The molecule has 118 valence electrons. The predicted octanol–water partition coefficient (Wildman–Crippen LogP) is 1.90. The van der Waals surface area contributed by atoms with Crippen LogP contribution in [0.15, 0.2) is 12.1 Å². The van der Waals surface area contributed by atoms with Crippen molar-refractivity contribution in [2.24, 2.45) is 0 Å². The van der Waals surface area contributed by atoms with Crippen molar-refractivity contribution < 1.29 is 14.2 Å². The molecule has 0 spiro atoms. The normalized spacial score (nSPS) is 15.2. The van der Waals surface area contributed by atoms with Crippen molar-refractivity contribution in [2.45, 2.75) is 19.4 Å². The number of hydrogen-bond acceptors (Lipinski definition) is 5. The summed E-state index contributed by atoms with van der Waals surface area (Å²) in [5.74, 6) is 2.08. The summed E-state index contributed by atoms with van der Waals surface area (Å²) in [5.41, 5.74) is 1.08. The van der Waals surface area contributed by atoms with Crippen LogP contribution >= 0.6 is 0 Å². The van der Waals surface area contributed by atoms with Crippen LogP contribution in [0.4, 0.5) is 0 Å². The Labute approximate surface area is 127 Å². The van der Waals surface area contributed by atoms with Crippen LogP contribution in [0.1, 0.15) is 18.4 Å². The fourth-order valence-corrected chi connectivity index (χ4v) is 2.77. The Morgan fingerprint density at radius 3 is 2.33 bits per heavy atom. The summed E-state index contributed by atoms with van der Waals surface area (Å²) in [5, 5.41) is 3.47. The number of benzene rings is 1. The first-order chi connectivity index (χ1) is 10.3. The summed E-state index contributed by atoms with van der Waals surface area (Å²) >= 11 is 0. The SMILES string of the molecule is COc1ccc(CNCCN2CCCC2)c(OC)c1OC. The summed E-state index contributed by atoms with van der Waals surface area (Å²) < 4.78 is 16.2. The van der Waals surface area contributed by atoms with E-state index in [1.54, 1.807) is 21.3 Å². The monoisotopic (exact) mass is 294 g/mol. The van der Waals surface area contributed by atoms with E-state index in [-0.39, 0.29) is 0 Å². The number of ether oxygens (including phenoxy) is 3. The lowest BCUT2D eigenvalue weighted by atomic mass is 10.1. The second-order valence-electron chi connectivity index (χ2n) is 5.22. The lowest BCUT2D eigenvalue weighted by Crippen LogP contribution is -2.29. The molecule has 0 saturated carbocycles. The van der Waals surface area contributed by atoms with E-state index in [0.717, 1.165) is 30.9 Å². The van der Waals surface area contributed by atoms with Gasteiger partial charge in [-0.15, -0.1) is 0 Å². The molecule has 1 aromatic carbocycles. The number of rotatable bonds is 8. The highest BCUT2D eigenvalue weighted by Gasteiger charge is 2.15. The lowest BCUT2D eigenvalue weighted by Gasteiger charge is -2.17. The molecular formula is C16H26N2O3. The fourth-order valence-electron chi connectivity index (χ4n) is 2.77. The van der Waals surface area contributed by atoms with E-state index in [2.05, 4.69) is 10.2 Å². The second-order valence-corrected chi connectivity index (χ2v) is 5.22. The largest absolute Gasteiger partial charge is 0.493 e. The highest BCUT2D eigenvalue weighted by Crippen LogP contribution is 2.39. The van der Waals surface area contributed by atoms with Crippen molar-refractivity contribution in [1.82, 2.24) is 10.2 Å². The first kappa shape index (κ1) is 15.9. The summed E-state index contributed by atoms with van der Waals surface area (Å²) in [6, 6.07) is 3.93. The van der Waals surface area contributed by atoms with E-state index in [4.69, 9.17) is 14.2 Å². The summed E-state index contributed by atoms with van der Waals surface area (Å²) in [7, 11) is 4.92. The molecule has 0 atom stereocenters. The molecule has 0 radical (unpaired) electrons. The number of likely N-dealkylation sites (tertiary alicyclic amines) is 1. The Balaban J connectivity index is 1.92. The molecule has 1 aliphatic heterocycles. The predicted molar refractivity (Wildman–Crippen MR) is 83.5 cm³/mol. The minimum Gasteiger partial charge on any atom is -0.493 e. The quantitative estimate of drug-likeness (QED) is 0.742. The molecular weight excluding hydrogens is 268 g/mol. The van der Waals surface area contributed by atoms with Crippen LogP contribution in [0.5, 0.6) is 17.2 Å². The van der Waals surface area contributed by atoms with Crippen molar-refractivity contribution in [2.75, 3.05) is 47.5 Å². The molecule has 0 aromatic heterocycles. The standard InChI is InChI=1S/C16H26N2O3/c1-19-14-7-6-13(15(20-2)16(14)21-3)12-17-8-11-18-9-4-5-10-18/h6-7,17H,4-5,8-12H2,1-3H3. The minimum absolute atomic E-state index is 0.652. The molecule has 0 bridgehead atoms. The highest BCUT2D eigenvalue weighted by atomic mass is 16.5. The number of methoxy groups -OCH3 is 3. The molecule has 1 heterocycles. The van der Waals surface area contributed by atoms with E-state index in [0.29, 0.717) is 11.5 Å². The maximum atomic E-state index is 5.48. The molecule has 1 fully saturated rings.